The normalized spacial score (nSPS) is 27.8. The molecule has 1 N–H and O–H groups in total. The van der Waals surface area contributed by atoms with Crippen molar-refractivity contribution in [2.75, 3.05) is 13.3 Å². The van der Waals surface area contributed by atoms with Crippen LogP contribution in [0.15, 0.2) is 29.2 Å². The number of hydrogen-bond donors (Lipinski definition) is 1. The number of rotatable bonds is 4. The molecule has 0 spiro atoms. The number of benzene rings is 1. The van der Waals surface area contributed by atoms with E-state index in [0.29, 0.717) is 24.5 Å². The van der Waals surface area contributed by atoms with Gasteiger partial charge in [-0.3, -0.25) is 4.79 Å². The molecule has 1 aromatic carbocycles. The number of carbonyl (C=O) groups excluding carboxylic acids is 1. The minimum absolute atomic E-state index is 0.198. The van der Waals surface area contributed by atoms with E-state index < -0.39 is 0 Å². The minimum Gasteiger partial charge on any atom is -0.341 e. The van der Waals surface area contributed by atoms with Gasteiger partial charge in [-0.25, -0.2) is 0 Å². The van der Waals surface area contributed by atoms with Gasteiger partial charge in [0.05, 0.1) is 5.92 Å². The smallest absolute Gasteiger partial charge is 0.227 e. The molecule has 2 aliphatic heterocycles. The van der Waals surface area contributed by atoms with E-state index in [1.54, 1.807) is 11.8 Å². The molecule has 2 fully saturated rings. The first-order chi connectivity index (χ1) is 9.67. The molecular weight excluding hydrogens is 268 g/mol. The zero-order chi connectivity index (χ0) is 14.1. The van der Waals surface area contributed by atoms with Crippen LogP contribution in [0, 0.1) is 5.92 Å². The minimum atomic E-state index is 0.198. The zero-order valence-corrected chi connectivity index (χ0v) is 13.0. The molecule has 1 amide bonds. The Balaban J connectivity index is 1.60. The van der Waals surface area contributed by atoms with Crippen LogP contribution in [-0.2, 0) is 11.3 Å². The summed E-state index contributed by atoms with van der Waals surface area (Å²) in [5, 5.41) is 3.54. The lowest BCUT2D eigenvalue weighted by atomic mass is 9.88. The van der Waals surface area contributed by atoms with Crippen molar-refractivity contribution in [3.8, 4) is 0 Å². The third-order valence-electron chi connectivity index (χ3n) is 4.57. The molecule has 3 atom stereocenters. The molecule has 2 heterocycles. The van der Waals surface area contributed by atoms with Crippen LogP contribution in [0.5, 0.6) is 0 Å². The Morgan fingerprint density at radius 2 is 2.10 bits per heavy atom. The van der Waals surface area contributed by atoms with Gasteiger partial charge < -0.3 is 10.2 Å². The fourth-order valence-corrected chi connectivity index (χ4v) is 3.87. The van der Waals surface area contributed by atoms with Crippen molar-refractivity contribution >= 4 is 17.7 Å². The van der Waals surface area contributed by atoms with Crippen LogP contribution in [-0.4, -0.2) is 36.2 Å². The predicted molar refractivity (Wildman–Crippen MR) is 82.7 cm³/mol. The average Bonchev–Trinajstić information content (AvgIpc) is 3.10. The molecule has 1 aromatic rings. The number of carbonyl (C=O) groups is 1. The number of amides is 1. The van der Waals surface area contributed by atoms with E-state index in [1.165, 1.54) is 16.9 Å². The van der Waals surface area contributed by atoms with Crippen molar-refractivity contribution in [2.45, 2.75) is 42.8 Å². The summed E-state index contributed by atoms with van der Waals surface area (Å²) in [5.41, 5.74) is 1.20. The molecule has 0 aromatic heterocycles. The van der Waals surface area contributed by atoms with Crippen molar-refractivity contribution in [2.24, 2.45) is 5.92 Å². The van der Waals surface area contributed by atoms with E-state index >= 15 is 0 Å². The highest BCUT2D eigenvalue weighted by Gasteiger charge is 2.43. The van der Waals surface area contributed by atoms with Crippen LogP contribution in [0.4, 0.5) is 0 Å². The van der Waals surface area contributed by atoms with Crippen molar-refractivity contribution in [1.29, 1.82) is 0 Å². The predicted octanol–water partition coefficient (Wildman–Crippen LogP) is 2.51. The summed E-state index contributed by atoms with van der Waals surface area (Å²) in [6.07, 6.45) is 5.51. The van der Waals surface area contributed by atoms with Gasteiger partial charge in [-0.2, -0.15) is 0 Å². The summed E-state index contributed by atoms with van der Waals surface area (Å²) >= 11 is 1.74. The molecular formula is C16H22N2OS. The summed E-state index contributed by atoms with van der Waals surface area (Å²) in [7, 11) is 1.93. The molecule has 0 radical (unpaired) electrons. The number of nitrogens with one attached hydrogen (secondary N) is 1. The van der Waals surface area contributed by atoms with Crippen LogP contribution in [0.3, 0.4) is 0 Å². The van der Waals surface area contributed by atoms with Gasteiger partial charge in [-0.1, -0.05) is 12.1 Å². The van der Waals surface area contributed by atoms with E-state index in [2.05, 4.69) is 35.8 Å². The van der Waals surface area contributed by atoms with Gasteiger partial charge in [0.2, 0.25) is 5.91 Å². The Hall–Kier alpha value is -1.00. The highest BCUT2D eigenvalue weighted by atomic mass is 32.2. The fourth-order valence-electron chi connectivity index (χ4n) is 3.46. The van der Waals surface area contributed by atoms with Crippen molar-refractivity contribution in [3.05, 3.63) is 29.8 Å². The van der Waals surface area contributed by atoms with Gasteiger partial charge >= 0.3 is 0 Å². The van der Waals surface area contributed by atoms with E-state index in [0.717, 1.165) is 12.8 Å². The second kappa shape index (κ2) is 5.78. The quantitative estimate of drug-likeness (QED) is 0.865. The molecule has 3 unspecified atom stereocenters. The standard InChI is InChI=1S/C16H22N2OS/c1-18(10-11-3-6-13(20-2)7-4-11)16(19)14-9-12-5-8-15(14)17-12/h3-4,6-7,12,14-15,17H,5,8-10H2,1-2H3. The second-order valence-corrected chi connectivity index (χ2v) is 6.81. The molecule has 3 nitrogen and oxygen atoms in total. The van der Waals surface area contributed by atoms with Crippen LogP contribution in [0.25, 0.3) is 0 Å². The summed E-state index contributed by atoms with van der Waals surface area (Å²) in [6.45, 7) is 0.710. The Morgan fingerprint density at radius 1 is 1.35 bits per heavy atom. The van der Waals surface area contributed by atoms with Crippen molar-refractivity contribution in [3.63, 3.8) is 0 Å². The van der Waals surface area contributed by atoms with Gasteiger partial charge in [0, 0.05) is 30.6 Å². The van der Waals surface area contributed by atoms with Gasteiger partial charge in [-0.05, 0) is 43.2 Å². The molecule has 0 aliphatic carbocycles. The zero-order valence-electron chi connectivity index (χ0n) is 12.1. The fraction of sp³-hybridized carbons (Fsp3) is 0.562. The van der Waals surface area contributed by atoms with Crippen molar-refractivity contribution < 1.29 is 4.79 Å². The van der Waals surface area contributed by atoms with E-state index in [4.69, 9.17) is 0 Å². The molecule has 3 rings (SSSR count). The maximum atomic E-state index is 12.5. The molecule has 2 saturated heterocycles. The molecule has 0 saturated carbocycles. The van der Waals surface area contributed by atoms with Crippen LogP contribution in [0.2, 0.25) is 0 Å². The lowest BCUT2D eigenvalue weighted by Gasteiger charge is -2.25. The highest BCUT2D eigenvalue weighted by Crippen LogP contribution is 2.34. The Kier molecular flexibility index (Phi) is 4.03. The Morgan fingerprint density at radius 3 is 2.65 bits per heavy atom. The van der Waals surface area contributed by atoms with Gasteiger partial charge in [0.25, 0.3) is 0 Å². The molecule has 108 valence electrons. The second-order valence-electron chi connectivity index (χ2n) is 5.93. The summed E-state index contributed by atoms with van der Waals surface area (Å²) in [5.74, 6) is 0.503. The third-order valence-corrected chi connectivity index (χ3v) is 5.32. The molecule has 2 bridgehead atoms. The number of hydrogen-bond acceptors (Lipinski definition) is 3. The first-order valence-corrected chi connectivity index (χ1v) is 8.54. The van der Waals surface area contributed by atoms with E-state index in [-0.39, 0.29) is 5.92 Å². The number of nitrogens with zero attached hydrogens (tertiary/aromatic N) is 1. The first-order valence-electron chi connectivity index (χ1n) is 7.31. The summed E-state index contributed by atoms with van der Waals surface area (Å²) in [4.78, 5) is 15.7. The third kappa shape index (κ3) is 2.72. The maximum absolute atomic E-state index is 12.5. The average molecular weight is 290 g/mol. The van der Waals surface area contributed by atoms with Gasteiger partial charge in [-0.15, -0.1) is 11.8 Å². The largest absolute Gasteiger partial charge is 0.341 e. The summed E-state index contributed by atoms with van der Waals surface area (Å²) in [6, 6.07) is 9.50. The van der Waals surface area contributed by atoms with Crippen LogP contribution >= 0.6 is 11.8 Å². The van der Waals surface area contributed by atoms with Gasteiger partial charge in [0.1, 0.15) is 0 Å². The molecule has 20 heavy (non-hydrogen) atoms. The maximum Gasteiger partial charge on any atom is 0.227 e. The van der Waals surface area contributed by atoms with Crippen LogP contribution in [0.1, 0.15) is 24.8 Å². The molecule has 2 aliphatic rings. The Labute approximate surface area is 125 Å². The summed E-state index contributed by atoms with van der Waals surface area (Å²) < 4.78 is 0. The number of fused-ring (bicyclic) bond motifs is 2. The van der Waals surface area contributed by atoms with Gasteiger partial charge in [0.15, 0.2) is 0 Å². The lowest BCUT2D eigenvalue weighted by molar-refractivity contribution is -0.135. The van der Waals surface area contributed by atoms with E-state index in [9.17, 15) is 4.79 Å². The SMILES string of the molecule is CSc1ccc(CN(C)C(=O)C2CC3CCC2N3)cc1. The van der Waals surface area contributed by atoms with E-state index in [1.807, 2.05) is 11.9 Å². The topological polar surface area (TPSA) is 32.3 Å². The van der Waals surface area contributed by atoms with Crippen LogP contribution < -0.4 is 5.32 Å². The Bertz CT molecular complexity index is 488. The van der Waals surface area contributed by atoms with Crippen molar-refractivity contribution in [1.82, 2.24) is 10.2 Å². The first kappa shape index (κ1) is 14.0. The number of thioether (sulfide) groups is 1. The highest BCUT2D eigenvalue weighted by molar-refractivity contribution is 7.98. The lowest BCUT2D eigenvalue weighted by Crippen LogP contribution is -2.38. The monoisotopic (exact) mass is 290 g/mol. The molecule has 4 heteroatoms.